The summed E-state index contributed by atoms with van der Waals surface area (Å²) in [6.07, 6.45) is 0.939. The molecule has 6 heteroatoms. The van der Waals surface area contributed by atoms with Gasteiger partial charge in [0.2, 0.25) is 5.96 Å². The van der Waals surface area contributed by atoms with E-state index in [4.69, 9.17) is 11.5 Å². The van der Waals surface area contributed by atoms with Crippen molar-refractivity contribution in [1.29, 1.82) is 0 Å². The van der Waals surface area contributed by atoms with Gasteiger partial charge in [-0.3, -0.25) is 4.99 Å². The summed E-state index contributed by atoms with van der Waals surface area (Å²) in [6.45, 7) is 2.88. The highest BCUT2D eigenvalue weighted by molar-refractivity contribution is 7.10. The zero-order chi connectivity index (χ0) is 12.0. The van der Waals surface area contributed by atoms with Crippen LogP contribution in [-0.4, -0.2) is 25.5 Å². The predicted molar refractivity (Wildman–Crippen MR) is 69.9 cm³/mol. The lowest BCUT2D eigenvalue weighted by Gasteiger charge is -2.05. The fourth-order valence-electron chi connectivity index (χ4n) is 1.27. The zero-order valence-corrected chi connectivity index (χ0v) is 10.3. The molecule has 0 atom stereocenters. The molecule has 0 spiro atoms. The number of hydrogen-bond acceptors (Lipinski definition) is 2. The van der Waals surface area contributed by atoms with Gasteiger partial charge < -0.3 is 16.8 Å². The maximum Gasteiger partial charge on any atom is 0.220 e. The highest BCUT2D eigenvalue weighted by Gasteiger charge is 2.00. The maximum absolute atomic E-state index is 5.27. The van der Waals surface area contributed by atoms with Crippen LogP contribution in [0.4, 0.5) is 0 Å². The van der Waals surface area contributed by atoms with Gasteiger partial charge in [0.1, 0.15) is 0 Å². The Hall–Kier alpha value is -1.56. The quantitative estimate of drug-likeness (QED) is 0.528. The molecule has 0 aromatic carbocycles. The van der Waals surface area contributed by atoms with E-state index in [1.807, 2.05) is 0 Å². The minimum Gasteiger partial charge on any atom is -0.370 e. The molecule has 88 valence electrons. The standard InChI is InChI=1S/C10H17N5S/c1-7-8(4-6-16-7)3-5-14-10(13-2)15-9(11)12/h4,6H,3,5H2,1-2H3,(H5,11,12,13,14,15). The van der Waals surface area contributed by atoms with Gasteiger partial charge in [-0.25, -0.2) is 0 Å². The summed E-state index contributed by atoms with van der Waals surface area (Å²) in [6, 6.07) is 2.13. The molecule has 5 N–H and O–H groups in total. The van der Waals surface area contributed by atoms with Crippen LogP contribution in [0.3, 0.4) is 0 Å². The number of nitrogens with two attached hydrogens (primary N) is 2. The van der Waals surface area contributed by atoms with Gasteiger partial charge in [0, 0.05) is 18.5 Å². The summed E-state index contributed by atoms with van der Waals surface area (Å²) in [5.74, 6) is 0.479. The van der Waals surface area contributed by atoms with E-state index in [0.717, 1.165) is 13.0 Å². The van der Waals surface area contributed by atoms with Crippen LogP contribution >= 0.6 is 11.3 Å². The number of thiophene rings is 1. The zero-order valence-electron chi connectivity index (χ0n) is 9.53. The van der Waals surface area contributed by atoms with Gasteiger partial charge in [0.15, 0.2) is 5.96 Å². The van der Waals surface area contributed by atoms with Gasteiger partial charge in [-0.05, 0) is 30.4 Å². The summed E-state index contributed by atoms with van der Waals surface area (Å²) in [5, 5.41) is 5.17. The molecule has 1 aromatic rings. The van der Waals surface area contributed by atoms with E-state index in [1.54, 1.807) is 18.4 Å². The molecule has 0 aliphatic carbocycles. The third-order valence-electron chi connectivity index (χ3n) is 2.09. The van der Waals surface area contributed by atoms with Gasteiger partial charge in [0.25, 0.3) is 0 Å². The lowest BCUT2D eigenvalue weighted by atomic mass is 10.2. The van der Waals surface area contributed by atoms with Gasteiger partial charge >= 0.3 is 0 Å². The van der Waals surface area contributed by atoms with Crippen LogP contribution in [0.15, 0.2) is 21.4 Å². The summed E-state index contributed by atoms with van der Waals surface area (Å²) >= 11 is 1.75. The van der Waals surface area contributed by atoms with Crippen LogP contribution in [-0.2, 0) is 6.42 Å². The molecule has 0 amide bonds. The first-order valence-electron chi connectivity index (χ1n) is 4.96. The minimum absolute atomic E-state index is 0.0137. The molecule has 5 nitrogen and oxygen atoms in total. The van der Waals surface area contributed by atoms with E-state index in [2.05, 4.69) is 33.7 Å². The first-order valence-corrected chi connectivity index (χ1v) is 5.84. The Kier molecular flexibility index (Phi) is 4.78. The monoisotopic (exact) mass is 239 g/mol. The number of hydrogen-bond donors (Lipinski definition) is 3. The Balaban J connectivity index is 2.41. The highest BCUT2D eigenvalue weighted by Crippen LogP contribution is 2.14. The lowest BCUT2D eigenvalue weighted by Crippen LogP contribution is -2.30. The maximum atomic E-state index is 5.27. The Morgan fingerprint density at radius 2 is 2.25 bits per heavy atom. The molecule has 0 fully saturated rings. The summed E-state index contributed by atoms with van der Waals surface area (Å²) in [4.78, 5) is 9.13. The van der Waals surface area contributed by atoms with E-state index in [0.29, 0.717) is 5.96 Å². The van der Waals surface area contributed by atoms with Gasteiger partial charge in [-0.15, -0.1) is 11.3 Å². The summed E-state index contributed by atoms with van der Waals surface area (Å²) in [5.41, 5.74) is 11.9. The Morgan fingerprint density at radius 3 is 2.75 bits per heavy atom. The average Bonchev–Trinajstić information content (AvgIpc) is 2.62. The normalized spacial score (nSPS) is 11.2. The predicted octanol–water partition coefficient (Wildman–Crippen LogP) is 0.448. The highest BCUT2D eigenvalue weighted by atomic mass is 32.1. The van der Waals surface area contributed by atoms with Crippen molar-refractivity contribution in [1.82, 2.24) is 5.32 Å². The van der Waals surface area contributed by atoms with E-state index in [-0.39, 0.29) is 5.96 Å². The number of rotatable bonds is 3. The van der Waals surface area contributed by atoms with Crippen molar-refractivity contribution in [3.63, 3.8) is 0 Å². The molecule has 16 heavy (non-hydrogen) atoms. The minimum atomic E-state index is 0.0137. The molecule has 1 rings (SSSR count). The van der Waals surface area contributed by atoms with E-state index in [9.17, 15) is 0 Å². The fraction of sp³-hybridized carbons (Fsp3) is 0.400. The smallest absolute Gasteiger partial charge is 0.220 e. The third-order valence-corrected chi connectivity index (χ3v) is 2.98. The van der Waals surface area contributed by atoms with Crippen molar-refractivity contribution in [2.45, 2.75) is 13.3 Å². The van der Waals surface area contributed by atoms with E-state index >= 15 is 0 Å². The Bertz CT molecular complexity index is 390. The third kappa shape index (κ3) is 3.90. The van der Waals surface area contributed by atoms with Crippen molar-refractivity contribution in [3.8, 4) is 0 Å². The van der Waals surface area contributed by atoms with Crippen LogP contribution in [0, 0.1) is 6.92 Å². The van der Waals surface area contributed by atoms with E-state index < -0.39 is 0 Å². The van der Waals surface area contributed by atoms with Gasteiger partial charge in [-0.2, -0.15) is 4.99 Å². The number of nitrogens with one attached hydrogen (secondary N) is 1. The van der Waals surface area contributed by atoms with Gasteiger partial charge in [-0.1, -0.05) is 0 Å². The Labute approximate surface area is 99.3 Å². The van der Waals surface area contributed by atoms with Crippen LogP contribution in [0.5, 0.6) is 0 Å². The number of aliphatic imine (C=N–C) groups is 2. The molecule has 1 heterocycles. The first-order chi connectivity index (χ1) is 7.63. The molecule has 0 saturated carbocycles. The van der Waals surface area contributed by atoms with Crippen LogP contribution in [0.2, 0.25) is 0 Å². The second-order valence-corrected chi connectivity index (χ2v) is 4.38. The van der Waals surface area contributed by atoms with Crippen LogP contribution in [0.1, 0.15) is 10.4 Å². The molecular weight excluding hydrogens is 222 g/mol. The molecule has 0 aliphatic heterocycles. The summed E-state index contributed by atoms with van der Waals surface area (Å²) < 4.78 is 0. The van der Waals surface area contributed by atoms with E-state index in [1.165, 1.54) is 10.4 Å². The molecule has 0 saturated heterocycles. The number of guanidine groups is 2. The molecular formula is C10H17N5S. The molecule has 0 unspecified atom stereocenters. The average molecular weight is 239 g/mol. The van der Waals surface area contributed by atoms with Crippen molar-refractivity contribution < 1.29 is 0 Å². The topological polar surface area (TPSA) is 88.8 Å². The molecule has 0 radical (unpaired) electrons. The second-order valence-electron chi connectivity index (χ2n) is 3.26. The lowest BCUT2D eigenvalue weighted by molar-refractivity contribution is 0.855. The molecule has 0 bridgehead atoms. The van der Waals surface area contributed by atoms with Crippen molar-refractivity contribution in [3.05, 3.63) is 21.9 Å². The van der Waals surface area contributed by atoms with Crippen molar-refractivity contribution in [2.24, 2.45) is 21.5 Å². The Morgan fingerprint density at radius 1 is 1.50 bits per heavy atom. The largest absolute Gasteiger partial charge is 0.370 e. The number of aryl methyl sites for hydroxylation is 1. The fourth-order valence-corrected chi connectivity index (χ4v) is 2.03. The van der Waals surface area contributed by atoms with Crippen molar-refractivity contribution >= 4 is 23.3 Å². The number of nitrogens with zero attached hydrogens (tertiary/aromatic N) is 2. The van der Waals surface area contributed by atoms with Crippen LogP contribution in [0.25, 0.3) is 0 Å². The molecule has 1 aromatic heterocycles. The first kappa shape index (κ1) is 12.5. The van der Waals surface area contributed by atoms with Gasteiger partial charge in [0.05, 0.1) is 0 Å². The molecule has 0 aliphatic rings. The van der Waals surface area contributed by atoms with Crippen molar-refractivity contribution in [2.75, 3.05) is 13.6 Å². The second kappa shape index (κ2) is 6.12. The van der Waals surface area contributed by atoms with Crippen LogP contribution < -0.4 is 16.8 Å². The summed E-state index contributed by atoms with van der Waals surface area (Å²) in [7, 11) is 1.64. The SMILES string of the molecule is CN=C(N=C(N)N)NCCc1ccsc1C.